The number of aromatic nitrogens is 1. The zero-order chi connectivity index (χ0) is 17.7. The molecule has 0 spiro atoms. The Kier molecular flexibility index (Phi) is 5.98. The molecule has 0 saturated heterocycles. The van der Waals surface area contributed by atoms with Crippen molar-refractivity contribution in [1.29, 1.82) is 0 Å². The van der Waals surface area contributed by atoms with Crippen LogP contribution in [0.15, 0.2) is 24.4 Å². The lowest BCUT2D eigenvalue weighted by atomic mass is 10.1. The summed E-state index contributed by atoms with van der Waals surface area (Å²) in [7, 11) is 0. The molecule has 24 heavy (non-hydrogen) atoms. The SMILES string of the molecule is Cc1cccc2[nH]cc(CCNC(=O)CNC(=O)[C@@H](N)C(C)C)c12. The molecular formula is C18H26N4O2. The number of hydrogen-bond acceptors (Lipinski definition) is 3. The van der Waals surface area contributed by atoms with Crippen LogP contribution in [0.3, 0.4) is 0 Å². The Morgan fingerprint density at radius 2 is 2.00 bits per heavy atom. The molecule has 6 heteroatoms. The molecule has 6 nitrogen and oxygen atoms in total. The lowest BCUT2D eigenvalue weighted by molar-refractivity contribution is -0.127. The summed E-state index contributed by atoms with van der Waals surface area (Å²) in [5.41, 5.74) is 9.22. The van der Waals surface area contributed by atoms with E-state index in [9.17, 15) is 9.59 Å². The van der Waals surface area contributed by atoms with Crippen LogP contribution in [0.25, 0.3) is 10.9 Å². The van der Waals surface area contributed by atoms with Crippen molar-refractivity contribution in [2.45, 2.75) is 33.2 Å². The van der Waals surface area contributed by atoms with Crippen molar-refractivity contribution in [3.8, 4) is 0 Å². The molecule has 2 amide bonds. The molecule has 0 radical (unpaired) electrons. The van der Waals surface area contributed by atoms with Gasteiger partial charge in [-0.15, -0.1) is 0 Å². The minimum atomic E-state index is -0.591. The van der Waals surface area contributed by atoms with E-state index in [-0.39, 0.29) is 24.3 Å². The number of H-pyrrole nitrogens is 1. The summed E-state index contributed by atoms with van der Waals surface area (Å²) in [5, 5.41) is 6.60. The van der Waals surface area contributed by atoms with Crippen LogP contribution < -0.4 is 16.4 Å². The molecule has 1 heterocycles. The Morgan fingerprint density at radius 3 is 2.71 bits per heavy atom. The van der Waals surface area contributed by atoms with Crippen molar-refractivity contribution >= 4 is 22.7 Å². The summed E-state index contributed by atoms with van der Waals surface area (Å²) in [5.74, 6) is -0.471. The van der Waals surface area contributed by atoms with Crippen LogP contribution in [0, 0.1) is 12.8 Å². The summed E-state index contributed by atoms with van der Waals surface area (Å²) < 4.78 is 0. The second kappa shape index (κ2) is 7.97. The molecule has 2 aromatic rings. The fraction of sp³-hybridized carbons (Fsp3) is 0.444. The topological polar surface area (TPSA) is 100 Å². The van der Waals surface area contributed by atoms with E-state index in [1.807, 2.05) is 32.2 Å². The average Bonchev–Trinajstić information content (AvgIpc) is 2.96. The number of carbonyl (C=O) groups excluding carboxylic acids is 2. The van der Waals surface area contributed by atoms with E-state index in [0.717, 1.165) is 11.9 Å². The molecule has 130 valence electrons. The summed E-state index contributed by atoms with van der Waals surface area (Å²) in [4.78, 5) is 26.8. The molecule has 0 aliphatic heterocycles. The standard InChI is InChI=1S/C18H26N4O2/c1-11(2)17(19)18(24)22-10-15(23)20-8-7-13-9-21-14-6-4-5-12(3)16(13)14/h4-6,9,11,17,21H,7-8,10,19H2,1-3H3,(H,20,23)(H,22,24)/t17-/m0/s1. The minimum absolute atomic E-state index is 0.0400. The van der Waals surface area contributed by atoms with Crippen molar-refractivity contribution in [1.82, 2.24) is 15.6 Å². The van der Waals surface area contributed by atoms with E-state index in [2.05, 4.69) is 28.6 Å². The third kappa shape index (κ3) is 4.35. The molecule has 0 aliphatic carbocycles. The molecule has 2 rings (SSSR count). The van der Waals surface area contributed by atoms with Gasteiger partial charge in [-0.25, -0.2) is 0 Å². The number of carbonyl (C=O) groups is 2. The number of rotatable bonds is 7. The van der Waals surface area contributed by atoms with Gasteiger partial charge in [0.15, 0.2) is 0 Å². The maximum Gasteiger partial charge on any atom is 0.239 e. The van der Waals surface area contributed by atoms with Gasteiger partial charge in [0.2, 0.25) is 11.8 Å². The number of fused-ring (bicyclic) bond motifs is 1. The average molecular weight is 330 g/mol. The number of amides is 2. The van der Waals surface area contributed by atoms with Crippen molar-refractivity contribution in [3.63, 3.8) is 0 Å². The molecule has 0 fully saturated rings. The van der Waals surface area contributed by atoms with Crippen LogP contribution in [-0.4, -0.2) is 35.9 Å². The van der Waals surface area contributed by atoms with E-state index < -0.39 is 6.04 Å². The number of benzene rings is 1. The molecular weight excluding hydrogens is 304 g/mol. The van der Waals surface area contributed by atoms with Gasteiger partial charge < -0.3 is 21.4 Å². The third-order valence-electron chi connectivity index (χ3n) is 4.16. The maximum absolute atomic E-state index is 11.8. The van der Waals surface area contributed by atoms with E-state index in [4.69, 9.17) is 5.73 Å². The van der Waals surface area contributed by atoms with Crippen LogP contribution in [0.5, 0.6) is 0 Å². The number of nitrogens with one attached hydrogen (secondary N) is 3. The first-order valence-electron chi connectivity index (χ1n) is 8.25. The zero-order valence-corrected chi connectivity index (χ0v) is 14.5. The summed E-state index contributed by atoms with van der Waals surface area (Å²) in [6, 6.07) is 5.54. The number of hydrogen-bond donors (Lipinski definition) is 4. The summed E-state index contributed by atoms with van der Waals surface area (Å²) in [6.45, 7) is 6.28. The van der Waals surface area contributed by atoms with Crippen LogP contribution in [-0.2, 0) is 16.0 Å². The highest BCUT2D eigenvalue weighted by Gasteiger charge is 2.17. The highest BCUT2D eigenvalue weighted by atomic mass is 16.2. The van der Waals surface area contributed by atoms with Crippen molar-refractivity contribution in [3.05, 3.63) is 35.5 Å². The van der Waals surface area contributed by atoms with Crippen LogP contribution in [0.2, 0.25) is 0 Å². The lowest BCUT2D eigenvalue weighted by Gasteiger charge is -2.15. The summed E-state index contributed by atoms with van der Waals surface area (Å²) in [6.07, 6.45) is 2.71. The molecule has 1 atom stereocenters. The molecule has 5 N–H and O–H groups in total. The second-order valence-corrected chi connectivity index (χ2v) is 6.40. The predicted molar refractivity (Wildman–Crippen MR) is 95.6 cm³/mol. The van der Waals surface area contributed by atoms with Crippen molar-refractivity contribution in [2.75, 3.05) is 13.1 Å². The van der Waals surface area contributed by atoms with E-state index in [0.29, 0.717) is 6.54 Å². The Labute approximate surface area is 142 Å². The number of aryl methyl sites for hydroxylation is 1. The van der Waals surface area contributed by atoms with Gasteiger partial charge in [0.1, 0.15) is 0 Å². The van der Waals surface area contributed by atoms with E-state index in [1.165, 1.54) is 16.5 Å². The molecule has 0 unspecified atom stereocenters. The molecule has 0 saturated carbocycles. The van der Waals surface area contributed by atoms with Gasteiger partial charge >= 0.3 is 0 Å². The van der Waals surface area contributed by atoms with Gasteiger partial charge in [-0.1, -0.05) is 26.0 Å². The minimum Gasteiger partial charge on any atom is -0.361 e. The quantitative estimate of drug-likeness (QED) is 0.614. The summed E-state index contributed by atoms with van der Waals surface area (Å²) >= 11 is 0. The number of nitrogens with two attached hydrogens (primary N) is 1. The highest BCUT2D eigenvalue weighted by Crippen LogP contribution is 2.22. The Hall–Kier alpha value is -2.34. The second-order valence-electron chi connectivity index (χ2n) is 6.40. The van der Waals surface area contributed by atoms with Gasteiger partial charge in [-0.2, -0.15) is 0 Å². The Morgan fingerprint density at radius 1 is 1.25 bits per heavy atom. The zero-order valence-electron chi connectivity index (χ0n) is 14.5. The van der Waals surface area contributed by atoms with Crippen LogP contribution in [0.1, 0.15) is 25.0 Å². The fourth-order valence-electron chi connectivity index (χ4n) is 2.64. The van der Waals surface area contributed by atoms with Crippen LogP contribution in [0.4, 0.5) is 0 Å². The molecule has 1 aromatic heterocycles. The highest BCUT2D eigenvalue weighted by molar-refractivity contribution is 5.88. The largest absolute Gasteiger partial charge is 0.361 e. The Bertz CT molecular complexity index is 721. The first-order chi connectivity index (χ1) is 11.4. The third-order valence-corrected chi connectivity index (χ3v) is 4.16. The van der Waals surface area contributed by atoms with Gasteiger partial charge in [0, 0.05) is 23.6 Å². The predicted octanol–water partition coefficient (Wildman–Crippen LogP) is 1.23. The molecule has 0 aliphatic rings. The Balaban J connectivity index is 1.79. The fourth-order valence-corrected chi connectivity index (χ4v) is 2.64. The normalized spacial score (nSPS) is 12.4. The lowest BCUT2D eigenvalue weighted by Crippen LogP contribution is -2.47. The monoisotopic (exact) mass is 330 g/mol. The van der Waals surface area contributed by atoms with Crippen molar-refractivity contribution in [2.24, 2.45) is 11.7 Å². The van der Waals surface area contributed by atoms with E-state index >= 15 is 0 Å². The number of aromatic amines is 1. The van der Waals surface area contributed by atoms with Gasteiger partial charge in [-0.3, -0.25) is 9.59 Å². The molecule has 0 bridgehead atoms. The molecule has 1 aromatic carbocycles. The van der Waals surface area contributed by atoms with Crippen LogP contribution >= 0.6 is 0 Å². The smallest absolute Gasteiger partial charge is 0.239 e. The van der Waals surface area contributed by atoms with Crippen molar-refractivity contribution < 1.29 is 9.59 Å². The van der Waals surface area contributed by atoms with Gasteiger partial charge in [0.25, 0.3) is 0 Å². The van der Waals surface area contributed by atoms with E-state index in [1.54, 1.807) is 0 Å². The first-order valence-corrected chi connectivity index (χ1v) is 8.25. The van der Waals surface area contributed by atoms with Gasteiger partial charge in [0.05, 0.1) is 12.6 Å². The van der Waals surface area contributed by atoms with Gasteiger partial charge in [-0.05, 0) is 36.5 Å². The first kappa shape index (κ1) is 18.0. The maximum atomic E-state index is 11.8.